The molecule has 5 heteroatoms. The second-order valence-corrected chi connectivity index (χ2v) is 4.73. The lowest BCUT2D eigenvalue weighted by molar-refractivity contribution is 0.0601. The van der Waals surface area contributed by atoms with Gasteiger partial charge in [-0.3, -0.25) is 4.98 Å². The molecule has 0 aliphatic carbocycles. The number of carbonyl (C=O) groups is 1. The summed E-state index contributed by atoms with van der Waals surface area (Å²) in [5.41, 5.74) is 8.74. The topological polar surface area (TPSA) is 68.5 Å². The van der Waals surface area contributed by atoms with Crippen LogP contribution < -0.4 is 10.6 Å². The third-order valence-corrected chi connectivity index (χ3v) is 3.28. The number of nitrogens with zero attached hydrogens (tertiary/aromatic N) is 2. The van der Waals surface area contributed by atoms with Gasteiger partial charge < -0.3 is 15.4 Å². The average molecular weight is 285 g/mol. The fourth-order valence-electron chi connectivity index (χ4n) is 2.20. The summed E-state index contributed by atoms with van der Waals surface area (Å²) < 4.78 is 4.81. The number of nitrogens with two attached hydrogens (primary N) is 1. The standard InChI is InChI=1S/C16H19N3O2/c1-19(11-9-12-6-3-4-10-18-12)15-13(16(20)21-2)7-5-8-14(15)17/h3-8,10H,9,11,17H2,1-2H3. The lowest BCUT2D eigenvalue weighted by Crippen LogP contribution is -2.24. The first kappa shape index (κ1) is 14.8. The molecule has 0 fully saturated rings. The van der Waals surface area contributed by atoms with Crippen molar-refractivity contribution in [2.45, 2.75) is 6.42 Å². The van der Waals surface area contributed by atoms with Crippen LogP contribution in [0.1, 0.15) is 16.1 Å². The van der Waals surface area contributed by atoms with Crippen LogP contribution in [0.5, 0.6) is 0 Å². The van der Waals surface area contributed by atoms with E-state index < -0.39 is 0 Å². The molecule has 2 rings (SSSR count). The monoisotopic (exact) mass is 285 g/mol. The van der Waals surface area contributed by atoms with E-state index >= 15 is 0 Å². The minimum atomic E-state index is -0.387. The van der Waals surface area contributed by atoms with E-state index in [1.54, 1.807) is 24.4 Å². The number of carbonyl (C=O) groups excluding carboxylic acids is 1. The molecule has 1 heterocycles. The number of rotatable bonds is 5. The highest BCUT2D eigenvalue weighted by Crippen LogP contribution is 2.27. The summed E-state index contributed by atoms with van der Waals surface area (Å²) in [6.45, 7) is 0.704. The van der Waals surface area contributed by atoms with E-state index in [0.29, 0.717) is 23.5 Å². The minimum Gasteiger partial charge on any atom is -0.465 e. The van der Waals surface area contributed by atoms with Crippen LogP contribution in [0, 0.1) is 0 Å². The Hall–Kier alpha value is -2.56. The number of pyridine rings is 1. The van der Waals surface area contributed by atoms with E-state index in [2.05, 4.69) is 4.98 Å². The number of aromatic nitrogens is 1. The summed E-state index contributed by atoms with van der Waals surface area (Å²) in [5.74, 6) is -0.387. The first-order valence-corrected chi connectivity index (χ1v) is 6.71. The molecule has 0 bridgehead atoms. The molecule has 0 unspecified atom stereocenters. The first-order valence-electron chi connectivity index (χ1n) is 6.71. The Labute approximate surface area is 124 Å². The van der Waals surface area contributed by atoms with E-state index in [4.69, 9.17) is 10.5 Å². The summed E-state index contributed by atoms with van der Waals surface area (Å²) >= 11 is 0. The number of ether oxygens (including phenoxy) is 1. The lowest BCUT2D eigenvalue weighted by atomic mass is 10.1. The Balaban J connectivity index is 2.18. The number of benzene rings is 1. The summed E-state index contributed by atoms with van der Waals surface area (Å²) in [7, 11) is 3.27. The van der Waals surface area contributed by atoms with Gasteiger partial charge in [0.15, 0.2) is 0 Å². The fourth-order valence-corrected chi connectivity index (χ4v) is 2.20. The average Bonchev–Trinajstić information content (AvgIpc) is 2.52. The van der Waals surface area contributed by atoms with E-state index in [9.17, 15) is 4.79 Å². The Morgan fingerprint density at radius 3 is 2.76 bits per heavy atom. The van der Waals surface area contributed by atoms with Crippen LogP contribution in [0.3, 0.4) is 0 Å². The number of anilines is 2. The van der Waals surface area contributed by atoms with Crippen LogP contribution in [0.25, 0.3) is 0 Å². The predicted molar refractivity (Wildman–Crippen MR) is 83.4 cm³/mol. The smallest absolute Gasteiger partial charge is 0.340 e. The van der Waals surface area contributed by atoms with Gasteiger partial charge in [-0.05, 0) is 24.3 Å². The zero-order chi connectivity index (χ0) is 15.2. The van der Waals surface area contributed by atoms with Crippen LogP contribution in [0.15, 0.2) is 42.6 Å². The Morgan fingerprint density at radius 2 is 2.10 bits per heavy atom. The first-order chi connectivity index (χ1) is 10.1. The van der Waals surface area contributed by atoms with Crippen molar-refractivity contribution in [1.29, 1.82) is 0 Å². The Morgan fingerprint density at radius 1 is 1.29 bits per heavy atom. The number of methoxy groups -OCH3 is 1. The lowest BCUT2D eigenvalue weighted by Gasteiger charge is -2.23. The number of para-hydroxylation sites is 1. The third-order valence-electron chi connectivity index (χ3n) is 3.28. The molecule has 110 valence electrons. The maximum Gasteiger partial charge on any atom is 0.340 e. The predicted octanol–water partition coefficient (Wildman–Crippen LogP) is 2.13. The molecule has 2 aromatic rings. The van der Waals surface area contributed by atoms with Gasteiger partial charge in [0.05, 0.1) is 24.0 Å². The van der Waals surface area contributed by atoms with Crippen LogP contribution in [-0.2, 0) is 11.2 Å². The second kappa shape index (κ2) is 6.74. The minimum absolute atomic E-state index is 0.387. The number of hydrogen-bond acceptors (Lipinski definition) is 5. The number of nitrogen functional groups attached to an aromatic ring is 1. The highest BCUT2D eigenvalue weighted by Gasteiger charge is 2.17. The number of likely N-dealkylation sites (N-methyl/N-ethyl adjacent to an activating group) is 1. The molecule has 0 radical (unpaired) electrons. The molecular weight excluding hydrogens is 266 g/mol. The summed E-state index contributed by atoms with van der Waals surface area (Å²) in [6, 6.07) is 11.1. The van der Waals surface area contributed by atoms with E-state index in [-0.39, 0.29) is 5.97 Å². The van der Waals surface area contributed by atoms with Gasteiger partial charge in [-0.2, -0.15) is 0 Å². The summed E-state index contributed by atoms with van der Waals surface area (Å²) in [4.78, 5) is 18.1. The molecule has 0 aliphatic heterocycles. The van der Waals surface area contributed by atoms with Crippen molar-refractivity contribution in [3.05, 3.63) is 53.9 Å². The van der Waals surface area contributed by atoms with Crippen molar-refractivity contribution in [1.82, 2.24) is 4.98 Å². The van der Waals surface area contributed by atoms with E-state index in [1.165, 1.54) is 7.11 Å². The van der Waals surface area contributed by atoms with Gasteiger partial charge in [0.1, 0.15) is 0 Å². The quantitative estimate of drug-likeness (QED) is 0.673. The largest absolute Gasteiger partial charge is 0.465 e. The molecule has 5 nitrogen and oxygen atoms in total. The molecule has 0 spiro atoms. The molecule has 0 amide bonds. The van der Waals surface area contributed by atoms with Crippen molar-refractivity contribution in [2.24, 2.45) is 0 Å². The molecular formula is C16H19N3O2. The third kappa shape index (κ3) is 3.51. The van der Waals surface area contributed by atoms with Crippen molar-refractivity contribution >= 4 is 17.3 Å². The van der Waals surface area contributed by atoms with E-state index in [1.807, 2.05) is 30.1 Å². The molecule has 21 heavy (non-hydrogen) atoms. The molecule has 1 aromatic heterocycles. The van der Waals surface area contributed by atoms with E-state index in [0.717, 1.165) is 12.1 Å². The Bertz CT molecular complexity index is 614. The van der Waals surface area contributed by atoms with Gasteiger partial charge in [0.25, 0.3) is 0 Å². The molecule has 0 aliphatic rings. The van der Waals surface area contributed by atoms with Crippen molar-refractivity contribution < 1.29 is 9.53 Å². The summed E-state index contributed by atoms with van der Waals surface area (Å²) in [5, 5.41) is 0. The molecule has 0 saturated carbocycles. The van der Waals surface area contributed by atoms with Gasteiger partial charge in [0.2, 0.25) is 0 Å². The van der Waals surface area contributed by atoms with Crippen LogP contribution in [0.2, 0.25) is 0 Å². The molecule has 0 atom stereocenters. The maximum atomic E-state index is 11.8. The van der Waals surface area contributed by atoms with Gasteiger partial charge >= 0.3 is 5.97 Å². The van der Waals surface area contributed by atoms with Crippen molar-refractivity contribution in [2.75, 3.05) is 31.3 Å². The Kier molecular flexibility index (Phi) is 4.77. The highest BCUT2D eigenvalue weighted by atomic mass is 16.5. The normalized spacial score (nSPS) is 10.2. The summed E-state index contributed by atoms with van der Waals surface area (Å²) in [6.07, 6.45) is 2.54. The van der Waals surface area contributed by atoms with Crippen molar-refractivity contribution in [3.8, 4) is 0 Å². The highest BCUT2D eigenvalue weighted by molar-refractivity contribution is 5.99. The SMILES string of the molecule is COC(=O)c1cccc(N)c1N(C)CCc1ccccn1. The molecule has 0 saturated heterocycles. The van der Waals surface area contributed by atoms with Crippen LogP contribution in [0.4, 0.5) is 11.4 Å². The van der Waals surface area contributed by atoms with Gasteiger partial charge in [-0.15, -0.1) is 0 Å². The fraction of sp³-hybridized carbons (Fsp3) is 0.250. The second-order valence-electron chi connectivity index (χ2n) is 4.73. The van der Waals surface area contributed by atoms with Gasteiger partial charge in [0, 0.05) is 31.9 Å². The zero-order valence-electron chi connectivity index (χ0n) is 12.2. The van der Waals surface area contributed by atoms with Crippen LogP contribution in [-0.4, -0.2) is 31.7 Å². The number of hydrogen-bond donors (Lipinski definition) is 1. The van der Waals surface area contributed by atoms with Gasteiger partial charge in [-0.25, -0.2) is 4.79 Å². The van der Waals surface area contributed by atoms with Crippen molar-refractivity contribution in [3.63, 3.8) is 0 Å². The maximum absolute atomic E-state index is 11.8. The van der Waals surface area contributed by atoms with Gasteiger partial charge in [-0.1, -0.05) is 12.1 Å². The van der Waals surface area contributed by atoms with Crippen LogP contribution >= 0.6 is 0 Å². The molecule has 1 aromatic carbocycles. The molecule has 2 N–H and O–H groups in total. The zero-order valence-corrected chi connectivity index (χ0v) is 12.2. The number of esters is 1.